The van der Waals surface area contributed by atoms with Crippen molar-refractivity contribution in [1.29, 1.82) is 0 Å². The third-order valence-corrected chi connectivity index (χ3v) is 13.4. The highest BCUT2D eigenvalue weighted by atomic mass is 16.5. The summed E-state index contributed by atoms with van der Waals surface area (Å²) in [5.41, 5.74) is 12.5. The number of rotatable bonds is 9. The maximum atomic E-state index is 12.2. The summed E-state index contributed by atoms with van der Waals surface area (Å²) in [4.78, 5) is 24.2. The normalized spacial score (nSPS) is 13.3. The SMILES string of the molecule is C=C(C)C(=O)OCCc1cc2ccc3ccc(-c4ccc5c(c4)C(C)(C)c4cc(-c6ccc7ccc8cc(COC(=O)C(C)C)cc9ccc6c7c89)ccc4-5)c4ccc(c1)c2c34. The molecule has 0 unspecified atom stereocenters. The fourth-order valence-corrected chi connectivity index (χ4v) is 10.3. The minimum absolute atomic E-state index is 0.155. The van der Waals surface area contributed by atoms with Crippen molar-refractivity contribution in [2.75, 3.05) is 6.61 Å². The first-order chi connectivity index (χ1) is 29.9. The Morgan fingerprint density at radius 2 is 0.968 bits per heavy atom. The second kappa shape index (κ2) is 14.0. The maximum Gasteiger partial charge on any atom is 0.333 e. The molecule has 11 rings (SSSR count). The Kier molecular flexibility index (Phi) is 8.57. The lowest BCUT2D eigenvalue weighted by Gasteiger charge is -2.23. The van der Waals surface area contributed by atoms with Crippen LogP contribution in [0.5, 0.6) is 0 Å². The van der Waals surface area contributed by atoms with Crippen LogP contribution in [0.1, 0.15) is 56.9 Å². The van der Waals surface area contributed by atoms with Crippen molar-refractivity contribution in [2.45, 2.75) is 53.1 Å². The first-order valence-corrected chi connectivity index (χ1v) is 21.6. The van der Waals surface area contributed by atoms with E-state index in [0.29, 0.717) is 18.6 Å². The Morgan fingerprint density at radius 3 is 1.45 bits per heavy atom. The van der Waals surface area contributed by atoms with Gasteiger partial charge in [-0.2, -0.15) is 0 Å². The van der Waals surface area contributed by atoms with Crippen molar-refractivity contribution in [3.8, 4) is 33.4 Å². The van der Waals surface area contributed by atoms with Crippen LogP contribution in [0, 0.1) is 5.92 Å². The highest BCUT2D eigenvalue weighted by molar-refractivity contribution is 6.27. The van der Waals surface area contributed by atoms with Crippen LogP contribution in [0.3, 0.4) is 0 Å². The summed E-state index contributed by atoms with van der Waals surface area (Å²) in [5, 5.41) is 14.7. The summed E-state index contributed by atoms with van der Waals surface area (Å²) >= 11 is 0. The minimum Gasteiger partial charge on any atom is -0.462 e. The molecule has 0 bridgehead atoms. The third kappa shape index (κ3) is 5.88. The molecule has 0 fully saturated rings. The number of carbonyl (C=O) groups excluding carboxylic acids is 2. The number of hydrogen-bond acceptors (Lipinski definition) is 4. The third-order valence-electron chi connectivity index (χ3n) is 13.4. The van der Waals surface area contributed by atoms with Crippen molar-refractivity contribution in [3.63, 3.8) is 0 Å². The van der Waals surface area contributed by atoms with Crippen LogP contribution < -0.4 is 0 Å². The second-order valence-corrected chi connectivity index (χ2v) is 18.2. The van der Waals surface area contributed by atoms with Gasteiger partial charge in [-0.3, -0.25) is 4.79 Å². The quantitative estimate of drug-likeness (QED) is 0.0828. The molecule has 1 aliphatic rings. The van der Waals surface area contributed by atoms with Crippen LogP contribution in [-0.2, 0) is 37.5 Å². The molecule has 10 aromatic carbocycles. The molecule has 302 valence electrons. The molecular weight excluding hydrogens is 761 g/mol. The Bertz CT molecular complexity index is 3470. The van der Waals surface area contributed by atoms with Crippen LogP contribution in [0.25, 0.3) is 98.0 Å². The smallest absolute Gasteiger partial charge is 0.333 e. The van der Waals surface area contributed by atoms with Gasteiger partial charge in [-0.05, 0) is 151 Å². The molecule has 62 heavy (non-hydrogen) atoms. The van der Waals surface area contributed by atoms with E-state index in [1.807, 2.05) is 13.8 Å². The molecule has 1 aliphatic carbocycles. The van der Waals surface area contributed by atoms with E-state index in [1.54, 1.807) is 6.92 Å². The number of fused-ring (bicyclic) bond motifs is 3. The van der Waals surface area contributed by atoms with Gasteiger partial charge < -0.3 is 9.47 Å². The van der Waals surface area contributed by atoms with Crippen molar-refractivity contribution >= 4 is 76.6 Å². The summed E-state index contributed by atoms with van der Waals surface area (Å²) in [6.07, 6.45) is 0.648. The summed E-state index contributed by atoms with van der Waals surface area (Å²) in [6, 6.07) is 49.9. The largest absolute Gasteiger partial charge is 0.462 e. The standard InChI is InChI=1S/C58H46O4/c1-32(2)56(59)61-24-23-34-25-40-9-7-36-11-17-44(48-21-15-42(26-34)52(40)54(36)48)38-13-19-46-47-20-14-39(30-51(47)58(5,6)50(46)29-38)45-18-12-37-8-10-41-27-35(31-62-57(60)33(3)4)28-43-16-22-49(45)55(37)53(41)43/h7-22,25-30,33H,1,23-24,31H2,2-6H3. The topological polar surface area (TPSA) is 52.6 Å². The molecule has 0 N–H and O–H groups in total. The van der Waals surface area contributed by atoms with Crippen molar-refractivity contribution in [3.05, 3.63) is 168 Å². The van der Waals surface area contributed by atoms with Gasteiger partial charge in [0.15, 0.2) is 0 Å². The molecule has 0 radical (unpaired) electrons. The summed E-state index contributed by atoms with van der Waals surface area (Å²) in [5.74, 6) is -0.684. The van der Waals surface area contributed by atoms with Crippen LogP contribution in [-0.4, -0.2) is 18.5 Å². The molecule has 4 heteroatoms. The van der Waals surface area contributed by atoms with E-state index in [9.17, 15) is 9.59 Å². The fraction of sp³-hybridized carbons (Fsp3) is 0.172. The van der Waals surface area contributed by atoms with E-state index in [-0.39, 0.29) is 29.9 Å². The molecule has 4 nitrogen and oxygen atoms in total. The fourth-order valence-electron chi connectivity index (χ4n) is 10.3. The van der Waals surface area contributed by atoms with Gasteiger partial charge in [-0.25, -0.2) is 4.79 Å². The van der Waals surface area contributed by atoms with Gasteiger partial charge in [0.05, 0.1) is 12.5 Å². The number of esters is 2. The number of hydrogen-bond donors (Lipinski definition) is 0. The van der Waals surface area contributed by atoms with E-state index in [4.69, 9.17) is 9.47 Å². The molecule has 0 heterocycles. The van der Waals surface area contributed by atoms with Crippen molar-refractivity contribution < 1.29 is 19.1 Å². The molecule has 0 aromatic heterocycles. The molecule has 0 amide bonds. The lowest BCUT2D eigenvalue weighted by atomic mass is 9.80. The lowest BCUT2D eigenvalue weighted by Crippen LogP contribution is -2.15. The van der Waals surface area contributed by atoms with E-state index in [1.165, 1.54) is 98.4 Å². The average molecular weight is 807 g/mol. The monoisotopic (exact) mass is 806 g/mol. The molecular formula is C58H46O4. The highest BCUT2D eigenvalue weighted by Gasteiger charge is 2.36. The summed E-state index contributed by atoms with van der Waals surface area (Å²) in [6.45, 7) is 14.4. The molecule has 10 aromatic rings. The Labute approximate surface area is 361 Å². The summed E-state index contributed by atoms with van der Waals surface area (Å²) < 4.78 is 11.0. The van der Waals surface area contributed by atoms with E-state index in [2.05, 4.69) is 154 Å². The van der Waals surface area contributed by atoms with Crippen molar-refractivity contribution in [1.82, 2.24) is 0 Å². The van der Waals surface area contributed by atoms with Crippen molar-refractivity contribution in [2.24, 2.45) is 5.92 Å². The lowest BCUT2D eigenvalue weighted by molar-refractivity contribution is -0.148. The Balaban J connectivity index is 0.944. The highest BCUT2D eigenvalue weighted by Crippen LogP contribution is 2.52. The number of benzene rings is 10. The molecule has 0 saturated carbocycles. The van der Waals surface area contributed by atoms with Gasteiger partial charge in [0, 0.05) is 17.4 Å². The van der Waals surface area contributed by atoms with Crippen LogP contribution in [0.15, 0.2) is 146 Å². The van der Waals surface area contributed by atoms with Gasteiger partial charge >= 0.3 is 11.9 Å². The maximum absolute atomic E-state index is 12.2. The molecule has 0 spiro atoms. The van der Waals surface area contributed by atoms with Gasteiger partial charge in [0.1, 0.15) is 6.61 Å². The van der Waals surface area contributed by atoms with Gasteiger partial charge in [0.2, 0.25) is 0 Å². The predicted molar refractivity (Wildman–Crippen MR) is 256 cm³/mol. The Hall–Kier alpha value is -7.04. The van der Waals surface area contributed by atoms with E-state index >= 15 is 0 Å². The number of carbonyl (C=O) groups is 2. The minimum atomic E-state index is -0.348. The first-order valence-electron chi connectivity index (χ1n) is 21.6. The van der Waals surface area contributed by atoms with Gasteiger partial charge in [0.25, 0.3) is 0 Å². The van der Waals surface area contributed by atoms with Crippen LogP contribution in [0.4, 0.5) is 0 Å². The number of ether oxygens (including phenoxy) is 2. The predicted octanol–water partition coefficient (Wildman–Crippen LogP) is 14.5. The molecule has 0 atom stereocenters. The van der Waals surface area contributed by atoms with Gasteiger partial charge in [-0.1, -0.05) is 143 Å². The Morgan fingerprint density at radius 1 is 0.532 bits per heavy atom. The summed E-state index contributed by atoms with van der Waals surface area (Å²) in [7, 11) is 0. The zero-order valence-electron chi connectivity index (χ0n) is 35.7. The second-order valence-electron chi connectivity index (χ2n) is 18.2. The molecule has 0 aliphatic heterocycles. The van der Waals surface area contributed by atoms with Crippen LogP contribution in [0.2, 0.25) is 0 Å². The van der Waals surface area contributed by atoms with E-state index < -0.39 is 0 Å². The van der Waals surface area contributed by atoms with Crippen LogP contribution >= 0.6 is 0 Å². The first kappa shape index (κ1) is 37.9. The van der Waals surface area contributed by atoms with E-state index in [0.717, 1.165) is 21.9 Å². The zero-order chi connectivity index (χ0) is 42.6. The average Bonchev–Trinajstić information content (AvgIpc) is 3.50. The molecule has 0 saturated heterocycles. The van der Waals surface area contributed by atoms with Gasteiger partial charge in [-0.15, -0.1) is 0 Å². The zero-order valence-corrected chi connectivity index (χ0v) is 35.7.